The summed E-state index contributed by atoms with van der Waals surface area (Å²) >= 11 is 0. The second-order valence-corrected chi connectivity index (χ2v) is 17.1. The third-order valence-electron chi connectivity index (χ3n) is 12.5. The Morgan fingerprint density at radius 1 is 0.500 bits per heavy atom. The number of rotatable bonds is 14. The number of fused-ring (bicyclic) bond motifs is 6. The molecule has 0 bridgehead atoms. The van der Waals surface area contributed by atoms with Crippen molar-refractivity contribution >= 4 is 11.6 Å². The van der Waals surface area contributed by atoms with Crippen molar-refractivity contribution in [3.8, 4) is 68.1 Å². The highest BCUT2D eigenvalue weighted by atomic mass is 19.4. The van der Waals surface area contributed by atoms with Crippen LogP contribution < -0.4 is 0 Å². The number of carbonyl (C=O) groups excluding carboxylic acids is 2. The van der Waals surface area contributed by atoms with Crippen LogP contribution in [-0.4, -0.2) is 65.8 Å². The number of benzene rings is 4. The molecule has 0 unspecified atom stereocenters. The molecule has 0 spiro atoms. The molecule has 2 atom stereocenters. The van der Waals surface area contributed by atoms with E-state index in [0.29, 0.717) is 70.5 Å². The normalized spacial score (nSPS) is 13.8. The molecule has 10 rings (SSSR count). The summed E-state index contributed by atoms with van der Waals surface area (Å²) in [5.41, 5.74) is 2.91. The second-order valence-electron chi connectivity index (χ2n) is 17.1. The van der Waals surface area contributed by atoms with E-state index in [-0.39, 0.29) is 61.5 Å². The van der Waals surface area contributed by atoms with E-state index in [1.165, 1.54) is 24.3 Å². The van der Waals surface area contributed by atoms with Crippen molar-refractivity contribution in [3.63, 3.8) is 0 Å². The van der Waals surface area contributed by atoms with Crippen molar-refractivity contribution in [1.82, 2.24) is 20.6 Å². The van der Waals surface area contributed by atoms with E-state index in [1.54, 1.807) is 72.8 Å². The molecule has 4 aromatic heterocycles. The quantitative estimate of drug-likeness (QED) is 0.0745. The van der Waals surface area contributed by atoms with Gasteiger partial charge in [-0.2, -0.15) is 26.3 Å². The van der Waals surface area contributed by atoms with E-state index in [0.717, 1.165) is 11.1 Å². The summed E-state index contributed by atoms with van der Waals surface area (Å²) in [7, 11) is 0. The Bertz CT molecular complexity index is 3030. The lowest BCUT2D eigenvalue weighted by atomic mass is 9.86. The van der Waals surface area contributed by atoms with Gasteiger partial charge < -0.3 is 38.5 Å². The summed E-state index contributed by atoms with van der Waals surface area (Å²) in [5.74, 6) is -1.80. The molecule has 72 heavy (non-hydrogen) atoms. The van der Waals surface area contributed by atoms with Crippen LogP contribution in [0.1, 0.15) is 82.4 Å². The molecule has 0 aliphatic heterocycles. The topological polar surface area (TPSA) is 219 Å². The minimum Gasteiger partial charge on any atom is -0.396 e. The largest absolute Gasteiger partial charge is 0.422 e. The number of aromatic nitrogens is 4. The first-order chi connectivity index (χ1) is 34.6. The van der Waals surface area contributed by atoms with Gasteiger partial charge in [0.1, 0.15) is 34.7 Å². The molecule has 14 nitrogen and oxygen atoms in total. The van der Waals surface area contributed by atoms with Crippen LogP contribution in [0.15, 0.2) is 115 Å². The standard InChI is InChI=1S/2C26H21F3N2O5/c2*27-26(28,29)20-22(31-35-24(20)14-5-2-1-3-6-14)25-18-11-8-15-13-16(23(34)19(33)7-4-12-32)9-10-17(15)21(18)30-36-25/h2*1-3,5-6,9-10,13,23,32,34H,4,7-8,11-12H2/t2*23-/m10/s1. The Morgan fingerprint density at radius 3 is 1.22 bits per heavy atom. The third-order valence-corrected chi connectivity index (χ3v) is 12.5. The average Bonchev–Trinajstić information content (AvgIpc) is 4.22. The summed E-state index contributed by atoms with van der Waals surface area (Å²) in [4.78, 5) is 24.3. The van der Waals surface area contributed by atoms with E-state index >= 15 is 0 Å². The number of aliphatic hydroxyl groups is 4. The monoisotopic (exact) mass is 996 g/mol. The molecule has 4 heterocycles. The minimum atomic E-state index is -4.75. The molecule has 20 heteroatoms. The minimum absolute atomic E-state index is 0.0513. The van der Waals surface area contributed by atoms with Crippen LogP contribution in [0.4, 0.5) is 26.3 Å². The van der Waals surface area contributed by atoms with Crippen molar-refractivity contribution in [2.75, 3.05) is 13.2 Å². The Labute approximate surface area is 404 Å². The molecule has 2 aliphatic rings. The van der Waals surface area contributed by atoms with Crippen LogP contribution in [-0.2, 0) is 47.6 Å². The number of aliphatic hydroxyl groups excluding tert-OH is 4. The summed E-state index contributed by atoms with van der Waals surface area (Å²) < 4.78 is 106. The van der Waals surface area contributed by atoms with Crippen molar-refractivity contribution in [2.24, 2.45) is 0 Å². The van der Waals surface area contributed by atoms with E-state index in [1.807, 2.05) is 0 Å². The predicted molar refractivity (Wildman–Crippen MR) is 243 cm³/mol. The van der Waals surface area contributed by atoms with Gasteiger partial charge in [0, 0.05) is 59.4 Å². The van der Waals surface area contributed by atoms with Gasteiger partial charge >= 0.3 is 12.4 Å². The number of halogens is 6. The summed E-state index contributed by atoms with van der Waals surface area (Å²) in [5, 5.41) is 54.1. The lowest BCUT2D eigenvalue weighted by Crippen LogP contribution is -2.13. The Morgan fingerprint density at radius 2 is 0.861 bits per heavy atom. The lowest BCUT2D eigenvalue weighted by Gasteiger charge is -2.18. The van der Waals surface area contributed by atoms with Crippen LogP contribution in [0.2, 0.25) is 0 Å². The molecule has 0 amide bonds. The predicted octanol–water partition coefficient (Wildman–Crippen LogP) is 10.3. The number of alkyl halides is 6. The van der Waals surface area contributed by atoms with E-state index in [2.05, 4.69) is 20.6 Å². The van der Waals surface area contributed by atoms with Crippen LogP contribution >= 0.6 is 0 Å². The lowest BCUT2D eigenvalue weighted by molar-refractivity contribution is -0.137. The van der Waals surface area contributed by atoms with Crippen molar-refractivity contribution in [2.45, 2.75) is 75.9 Å². The highest BCUT2D eigenvalue weighted by molar-refractivity contribution is 5.86. The van der Waals surface area contributed by atoms with E-state index in [4.69, 9.17) is 28.3 Å². The number of ketones is 2. The highest BCUT2D eigenvalue weighted by Gasteiger charge is 2.45. The third kappa shape index (κ3) is 9.64. The zero-order valence-electron chi connectivity index (χ0n) is 37.8. The van der Waals surface area contributed by atoms with Gasteiger partial charge in [-0.25, -0.2) is 0 Å². The zero-order valence-corrected chi connectivity index (χ0v) is 37.8. The summed E-state index contributed by atoms with van der Waals surface area (Å²) in [6, 6.07) is 25.7. The smallest absolute Gasteiger partial charge is 0.396 e. The summed E-state index contributed by atoms with van der Waals surface area (Å²) in [6.07, 6.45) is -9.99. The van der Waals surface area contributed by atoms with E-state index in [9.17, 15) is 46.1 Å². The SMILES string of the molecule is O=C(CCCO)[C@@H](O)c1ccc2c(c1)CCc1c-2noc1-c1noc(-c2ccccc2)c1C(F)(F)F.O=C(CCCO)[C@H](O)c1ccc2c(c1)CCc1c-2noc1-c1noc(-c2ccccc2)c1C(F)(F)F. The van der Waals surface area contributed by atoms with Gasteiger partial charge in [-0.05, 0) is 60.8 Å². The molecule has 0 radical (unpaired) electrons. The van der Waals surface area contributed by atoms with Crippen LogP contribution in [0.3, 0.4) is 0 Å². The van der Waals surface area contributed by atoms with Crippen LogP contribution in [0.25, 0.3) is 68.1 Å². The number of Topliss-reactive ketones (excluding diaryl/α,β-unsaturated/α-hetero) is 2. The number of carbonyl (C=O) groups is 2. The number of nitrogens with zero attached hydrogens (tertiary/aromatic N) is 4. The first-order valence-corrected chi connectivity index (χ1v) is 22.7. The van der Waals surface area contributed by atoms with Gasteiger partial charge in [-0.1, -0.05) is 118 Å². The van der Waals surface area contributed by atoms with Gasteiger partial charge in [0.25, 0.3) is 0 Å². The van der Waals surface area contributed by atoms with Gasteiger partial charge in [0.2, 0.25) is 0 Å². The molecule has 0 saturated carbocycles. The molecule has 0 saturated heterocycles. The molecule has 8 aromatic rings. The fourth-order valence-electron chi connectivity index (χ4n) is 8.98. The van der Waals surface area contributed by atoms with Crippen LogP contribution in [0.5, 0.6) is 0 Å². The van der Waals surface area contributed by atoms with E-state index < -0.39 is 70.2 Å². The number of hydrogen-bond donors (Lipinski definition) is 4. The molecular formula is C52H42F6N4O10. The first-order valence-electron chi connectivity index (χ1n) is 22.7. The van der Waals surface area contributed by atoms with Crippen molar-refractivity contribution in [3.05, 3.63) is 142 Å². The second kappa shape index (κ2) is 20.3. The summed E-state index contributed by atoms with van der Waals surface area (Å²) in [6.45, 7) is -0.289. The highest BCUT2D eigenvalue weighted by Crippen LogP contribution is 2.49. The molecular weight excluding hydrogens is 955 g/mol. The average molecular weight is 997 g/mol. The maximum atomic E-state index is 14.1. The fourth-order valence-corrected chi connectivity index (χ4v) is 8.98. The van der Waals surface area contributed by atoms with Crippen molar-refractivity contribution in [1.29, 1.82) is 0 Å². The number of hydrogen-bond acceptors (Lipinski definition) is 14. The van der Waals surface area contributed by atoms with Gasteiger partial charge in [-0.15, -0.1) is 0 Å². The van der Waals surface area contributed by atoms with Gasteiger partial charge in [0.05, 0.1) is 0 Å². The molecule has 4 N–H and O–H groups in total. The van der Waals surface area contributed by atoms with Gasteiger partial charge in [0.15, 0.2) is 46.0 Å². The molecule has 0 fully saturated rings. The molecule has 4 aromatic carbocycles. The fraction of sp³-hybridized carbons (Fsp3) is 0.269. The maximum Gasteiger partial charge on any atom is 0.422 e. The zero-order chi connectivity index (χ0) is 50.9. The van der Waals surface area contributed by atoms with Crippen LogP contribution in [0, 0.1) is 0 Å². The van der Waals surface area contributed by atoms with Gasteiger partial charge in [-0.3, -0.25) is 9.59 Å². The number of aryl methyl sites for hydroxylation is 2. The van der Waals surface area contributed by atoms with Crippen molar-refractivity contribution < 1.29 is 74.5 Å². The Hall–Kier alpha value is -7.52. The molecule has 372 valence electrons. The Kier molecular flexibility index (Phi) is 13.9. The Balaban J connectivity index is 0.000000178. The first kappa shape index (κ1) is 49.5. The maximum absolute atomic E-state index is 14.1. The molecule has 2 aliphatic carbocycles.